The van der Waals surface area contributed by atoms with Crippen molar-refractivity contribution in [1.29, 1.82) is 0 Å². The molecular formula is C15H30N2O. The zero-order valence-electron chi connectivity index (χ0n) is 12.7. The van der Waals surface area contributed by atoms with Crippen LogP contribution in [-0.2, 0) is 4.79 Å². The van der Waals surface area contributed by atoms with Gasteiger partial charge in [-0.2, -0.15) is 0 Å². The summed E-state index contributed by atoms with van der Waals surface area (Å²) in [5, 5.41) is 6.47. The van der Waals surface area contributed by atoms with Crippen molar-refractivity contribution in [3.63, 3.8) is 0 Å². The Morgan fingerprint density at radius 2 is 2.06 bits per heavy atom. The molecular weight excluding hydrogens is 224 g/mol. The lowest BCUT2D eigenvalue weighted by atomic mass is 10.0. The molecule has 3 unspecified atom stereocenters. The Morgan fingerprint density at radius 3 is 2.56 bits per heavy atom. The van der Waals surface area contributed by atoms with Gasteiger partial charge in [0.15, 0.2) is 0 Å². The molecule has 2 N–H and O–H groups in total. The standard InChI is InChI=1S/C15H30N2O/c1-6-15(4,5)17-14(18)12(3)16-10-13-8-7-11(2)9-13/h11-13,16H,6-10H2,1-5H3,(H,17,18). The molecule has 0 aromatic rings. The van der Waals surface area contributed by atoms with Crippen LogP contribution in [0.25, 0.3) is 0 Å². The zero-order chi connectivity index (χ0) is 13.8. The largest absolute Gasteiger partial charge is 0.350 e. The predicted molar refractivity (Wildman–Crippen MR) is 76.5 cm³/mol. The number of amides is 1. The first-order valence-corrected chi connectivity index (χ1v) is 7.39. The molecule has 1 saturated carbocycles. The van der Waals surface area contributed by atoms with Crippen molar-refractivity contribution in [3.05, 3.63) is 0 Å². The molecule has 3 nitrogen and oxygen atoms in total. The summed E-state index contributed by atoms with van der Waals surface area (Å²) in [5.41, 5.74) is -0.102. The van der Waals surface area contributed by atoms with Crippen molar-refractivity contribution in [2.24, 2.45) is 11.8 Å². The van der Waals surface area contributed by atoms with E-state index >= 15 is 0 Å². The zero-order valence-corrected chi connectivity index (χ0v) is 12.7. The first-order valence-electron chi connectivity index (χ1n) is 7.39. The predicted octanol–water partition coefficient (Wildman–Crippen LogP) is 2.71. The fraction of sp³-hybridized carbons (Fsp3) is 0.933. The molecule has 0 bridgehead atoms. The summed E-state index contributed by atoms with van der Waals surface area (Å²) in [6, 6.07) is -0.0910. The highest BCUT2D eigenvalue weighted by Gasteiger charge is 2.24. The van der Waals surface area contributed by atoms with Crippen LogP contribution in [0.3, 0.4) is 0 Å². The van der Waals surface area contributed by atoms with Gasteiger partial charge < -0.3 is 10.6 Å². The molecule has 0 radical (unpaired) electrons. The smallest absolute Gasteiger partial charge is 0.237 e. The minimum atomic E-state index is -0.102. The summed E-state index contributed by atoms with van der Waals surface area (Å²) >= 11 is 0. The SMILES string of the molecule is CCC(C)(C)NC(=O)C(C)NCC1CCC(C)C1. The Hall–Kier alpha value is -0.570. The summed E-state index contributed by atoms with van der Waals surface area (Å²) in [6.45, 7) is 11.5. The van der Waals surface area contributed by atoms with Gasteiger partial charge in [0.1, 0.15) is 0 Å². The molecule has 1 amide bonds. The van der Waals surface area contributed by atoms with Gasteiger partial charge in [-0.15, -0.1) is 0 Å². The van der Waals surface area contributed by atoms with Crippen LogP contribution >= 0.6 is 0 Å². The maximum atomic E-state index is 12.0. The second-order valence-corrected chi connectivity index (χ2v) is 6.64. The molecule has 1 aliphatic rings. The monoisotopic (exact) mass is 254 g/mol. The van der Waals surface area contributed by atoms with E-state index in [2.05, 4.69) is 38.3 Å². The lowest BCUT2D eigenvalue weighted by molar-refractivity contribution is -0.124. The summed E-state index contributed by atoms with van der Waals surface area (Å²) in [4.78, 5) is 12.0. The maximum Gasteiger partial charge on any atom is 0.237 e. The summed E-state index contributed by atoms with van der Waals surface area (Å²) < 4.78 is 0. The second kappa shape index (κ2) is 6.55. The average Bonchev–Trinajstić information content (AvgIpc) is 2.71. The van der Waals surface area contributed by atoms with E-state index in [1.54, 1.807) is 0 Å². The van der Waals surface area contributed by atoms with Gasteiger partial charge in [-0.1, -0.05) is 20.3 Å². The molecule has 18 heavy (non-hydrogen) atoms. The van der Waals surface area contributed by atoms with Crippen LogP contribution in [0.1, 0.15) is 60.3 Å². The number of nitrogens with one attached hydrogen (secondary N) is 2. The summed E-state index contributed by atoms with van der Waals surface area (Å²) in [6.07, 6.45) is 4.91. The highest BCUT2D eigenvalue weighted by molar-refractivity contribution is 5.81. The molecule has 0 aromatic carbocycles. The van der Waals surface area contributed by atoms with Crippen LogP contribution in [0.5, 0.6) is 0 Å². The van der Waals surface area contributed by atoms with Gasteiger partial charge in [-0.05, 0) is 58.4 Å². The average molecular weight is 254 g/mol. The van der Waals surface area contributed by atoms with Gasteiger partial charge in [0.2, 0.25) is 5.91 Å². The minimum absolute atomic E-state index is 0.0910. The first kappa shape index (κ1) is 15.5. The normalized spacial score (nSPS) is 26.1. The Labute approximate surface area is 112 Å². The molecule has 1 fully saturated rings. The van der Waals surface area contributed by atoms with Crippen molar-refractivity contribution in [2.75, 3.05) is 6.54 Å². The van der Waals surface area contributed by atoms with Crippen LogP contribution in [0.2, 0.25) is 0 Å². The summed E-state index contributed by atoms with van der Waals surface area (Å²) in [7, 11) is 0. The van der Waals surface area contributed by atoms with Crippen LogP contribution in [0.4, 0.5) is 0 Å². The number of rotatable bonds is 6. The Balaban J connectivity index is 2.27. The molecule has 106 valence electrons. The van der Waals surface area contributed by atoms with E-state index in [1.807, 2.05) is 6.92 Å². The summed E-state index contributed by atoms with van der Waals surface area (Å²) in [5.74, 6) is 1.74. The highest BCUT2D eigenvalue weighted by Crippen LogP contribution is 2.29. The van der Waals surface area contributed by atoms with Gasteiger partial charge in [0.25, 0.3) is 0 Å². The van der Waals surface area contributed by atoms with Crippen molar-refractivity contribution < 1.29 is 4.79 Å². The third-order valence-electron chi connectivity index (χ3n) is 4.25. The molecule has 0 aliphatic heterocycles. The molecule has 1 rings (SSSR count). The molecule has 0 heterocycles. The molecule has 3 atom stereocenters. The van der Waals surface area contributed by atoms with Gasteiger partial charge in [0, 0.05) is 5.54 Å². The van der Waals surface area contributed by atoms with Gasteiger partial charge in [-0.3, -0.25) is 4.79 Å². The third kappa shape index (κ3) is 4.97. The van der Waals surface area contributed by atoms with Crippen molar-refractivity contribution in [2.45, 2.75) is 71.9 Å². The maximum absolute atomic E-state index is 12.0. The van der Waals surface area contributed by atoms with E-state index in [0.717, 1.165) is 24.8 Å². The number of carbonyl (C=O) groups excluding carboxylic acids is 1. The van der Waals surface area contributed by atoms with Crippen molar-refractivity contribution in [1.82, 2.24) is 10.6 Å². The van der Waals surface area contributed by atoms with Crippen LogP contribution in [0.15, 0.2) is 0 Å². The number of hydrogen-bond acceptors (Lipinski definition) is 2. The van der Waals surface area contributed by atoms with Gasteiger partial charge >= 0.3 is 0 Å². The quantitative estimate of drug-likeness (QED) is 0.765. The van der Waals surface area contributed by atoms with E-state index in [1.165, 1.54) is 19.3 Å². The van der Waals surface area contributed by atoms with E-state index in [4.69, 9.17) is 0 Å². The molecule has 0 aromatic heterocycles. The van der Waals surface area contributed by atoms with Crippen molar-refractivity contribution in [3.8, 4) is 0 Å². The number of hydrogen-bond donors (Lipinski definition) is 2. The second-order valence-electron chi connectivity index (χ2n) is 6.64. The molecule has 3 heteroatoms. The molecule has 1 aliphatic carbocycles. The van der Waals surface area contributed by atoms with Crippen molar-refractivity contribution >= 4 is 5.91 Å². The Morgan fingerprint density at radius 1 is 1.39 bits per heavy atom. The Kier molecular flexibility index (Phi) is 5.64. The van der Waals surface area contributed by atoms with Gasteiger partial charge in [0.05, 0.1) is 6.04 Å². The topological polar surface area (TPSA) is 41.1 Å². The fourth-order valence-electron chi connectivity index (χ4n) is 2.48. The minimum Gasteiger partial charge on any atom is -0.350 e. The molecule has 0 spiro atoms. The first-order chi connectivity index (χ1) is 8.34. The van der Waals surface area contributed by atoms with E-state index in [-0.39, 0.29) is 17.5 Å². The Bertz CT molecular complexity index is 276. The highest BCUT2D eigenvalue weighted by atomic mass is 16.2. The molecule has 0 saturated heterocycles. The lowest BCUT2D eigenvalue weighted by Crippen LogP contribution is -2.51. The van der Waals surface area contributed by atoms with Gasteiger partial charge in [-0.25, -0.2) is 0 Å². The van der Waals surface area contributed by atoms with E-state index in [9.17, 15) is 4.79 Å². The van der Waals surface area contributed by atoms with Crippen LogP contribution < -0.4 is 10.6 Å². The lowest BCUT2D eigenvalue weighted by Gasteiger charge is -2.27. The van der Waals surface area contributed by atoms with E-state index < -0.39 is 0 Å². The third-order valence-corrected chi connectivity index (χ3v) is 4.25. The van der Waals surface area contributed by atoms with Crippen LogP contribution in [-0.4, -0.2) is 24.0 Å². The van der Waals surface area contributed by atoms with Crippen LogP contribution in [0, 0.1) is 11.8 Å². The fourth-order valence-corrected chi connectivity index (χ4v) is 2.48. The van der Waals surface area contributed by atoms with E-state index in [0.29, 0.717) is 0 Å². The number of carbonyl (C=O) groups is 1.